The van der Waals surface area contributed by atoms with Crippen molar-refractivity contribution in [3.8, 4) is 0 Å². The molecule has 3 aromatic rings. The zero-order chi connectivity index (χ0) is 22.2. The van der Waals surface area contributed by atoms with Gasteiger partial charge in [0.05, 0.1) is 23.3 Å². The molecule has 0 spiro atoms. The molecule has 1 aliphatic rings. The van der Waals surface area contributed by atoms with Gasteiger partial charge in [0.25, 0.3) is 11.1 Å². The highest BCUT2D eigenvalue weighted by Gasteiger charge is 2.35. The number of aryl methyl sites for hydroxylation is 1. The van der Waals surface area contributed by atoms with Gasteiger partial charge in [-0.05, 0) is 38.4 Å². The average Bonchev–Trinajstić information content (AvgIpc) is 3.17. The maximum atomic E-state index is 13.3. The van der Waals surface area contributed by atoms with Crippen LogP contribution in [0.2, 0.25) is 0 Å². The third-order valence-corrected chi connectivity index (χ3v) is 5.53. The van der Waals surface area contributed by atoms with Crippen molar-refractivity contribution in [2.24, 2.45) is 0 Å². The van der Waals surface area contributed by atoms with Crippen LogP contribution in [0.1, 0.15) is 30.4 Å². The van der Waals surface area contributed by atoms with Gasteiger partial charge in [-0.2, -0.15) is 13.2 Å². The predicted octanol–water partition coefficient (Wildman–Crippen LogP) is 2.66. The molecule has 2 aromatic heterocycles. The second kappa shape index (κ2) is 8.26. The van der Waals surface area contributed by atoms with Gasteiger partial charge in [-0.25, -0.2) is 9.97 Å². The van der Waals surface area contributed by atoms with Crippen molar-refractivity contribution >= 4 is 10.9 Å². The number of fused-ring (bicyclic) bond motifs is 1. The fraction of sp³-hybridized carbons (Fsp3) is 0.429. The first-order valence-electron chi connectivity index (χ1n) is 10.1. The van der Waals surface area contributed by atoms with Crippen LogP contribution >= 0.6 is 0 Å². The fourth-order valence-corrected chi connectivity index (χ4v) is 4.08. The van der Waals surface area contributed by atoms with Crippen molar-refractivity contribution in [2.75, 3.05) is 13.1 Å². The summed E-state index contributed by atoms with van der Waals surface area (Å²) in [7, 11) is 0. The molecule has 0 aliphatic carbocycles. The summed E-state index contributed by atoms with van der Waals surface area (Å²) in [6, 6.07) is 7.44. The lowest BCUT2D eigenvalue weighted by Crippen LogP contribution is -2.37. The molecule has 10 heteroatoms. The number of hydrogen-bond acceptors (Lipinski definition) is 5. The van der Waals surface area contributed by atoms with Crippen molar-refractivity contribution < 1.29 is 13.2 Å². The molecule has 0 N–H and O–H groups in total. The van der Waals surface area contributed by atoms with Gasteiger partial charge in [-0.3, -0.25) is 23.6 Å². The Morgan fingerprint density at radius 2 is 1.94 bits per heavy atom. The number of alkyl halides is 3. The van der Waals surface area contributed by atoms with Crippen LogP contribution in [-0.4, -0.2) is 43.3 Å². The Morgan fingerprint density at radius 1 is 1.16 bits per heavy atom. The SMILES string of the molecule is Cc1cc(=O)n(CCN2CCCC2c2nc3ccccc3c(=O)n2CC(F)(F)F)cn1. The van der Waals surface area contributed by atoms with Crippen LogP contribution < -0.4 is 11.1 Å². The minimum atomic E-state index is -4.55. The Kier molecular flexibility index (Phi) is 5.65. The third-order valence-electron chi connectivity index (χ3n) is 5.53. The summed E-state index contributed by atoms with van der Waals surface area (Å²) >= 11 is 0. The van der Waals surface area contributed by atoms with Crippen LogP contribution in [0, 0.1) is 6.92 Å². The van der Waals surface area contributed by atoms with E-state index in [1.54, 1.807) is 25.1 Å². The van der Waals surface area contributed by atoms with Crippen molar-refractivity contribution in [3.63, 3.8) is 0 Å². The van der Waals surface area contributed by atoms with Crippen LogP contribution in [0.3, 0.4) is 0 Å². The van der Waals surface area contributed by atoms with E-state index in [0.717, 1.165) is 11.0 Å². The lowest BCUT2D eigenvalue weighted by molar-refractivity contribution is -0.142. The Labute approximate surface area is 175 Å². The molecule has 1 aromatic carbocycles. The maximum Gasteiger partial charge on any atom is 0.406 e. The van der Waals surface area contributed by atoms with Crippen LogP contribution in [-0.2, 0) is 13.1 Å². The molecule has 7 nitrogen and oxygen atoms in total. The molecule has 1 unspecified atom stereocenters. The van der Waals surface area contributed by atoms with E-state index in [1.165, 1.54) is 23.0 Å². The van der Waals surface area contributed by atoms with Crippen molar-refractivity contribution in [2.45, 2.75) is 45.1 Å². The van der Waals surface area contributed by atoms with Crippen molar-refractivity contribution in [1.82, 2.24) is 24.0 Å². The van der Waals surface area contributed by atoms with E-state index in [2.05, 4.69) is 9.97 Å². The minimum Gasteiger partial charge on any atom is -0.298 e. The Morgan fingerprint density at radius 3 is 2.68 bits per heavy atom. The van der Waals surface area contributed by atoms with Crippen molar-refractivity contribution in [1.29, 1.82) is 0 Å². The van der Waals surface area contributed by atoms with Gasteiger partial charge in [0.2, 0.25) is 0 Å². The summed E-state index contributed by atoms with van der Waals surface area (Å²) in [5.74, 6) is 0.118. The standard InChI is InChI=1S/C21H22F3N5O2/c1-14-11-18(30)28(13-25-14)10-9-27-8-4-7-17(27)19-26-16-6-3-2-5-15(16)20(31)29(19)12-21(22,23)24/h2-3,5-6,11,13,17H,4,7-10,12H2,1H3. The van der Waals surface area contributed by atoms with Gasteiger partial charge in [0, 0.05) is 24.8 Å². The molecule has 31 heavy (non-hydrogen) atoms. The lowest BCUT2D eigenvalue weighted by Gasteiger charge is -2.27. The molecule has 3 heterocycles. The predicted molar refractivity (Wildman–Crippen MR) is 109 cm³/mol. The topological polar surface area (TPSA) is 73.0 Å². The molecule has 1 fully saturated rings. The number of likely N-dealkylation sites (tertiary alicyclic amines) is 1. The minimum absolute atomic E-state index is 0.118. The van der Waals surface area contributed by atoms with Crippen LogP contribution in [0.15, 0.2) is 46.2 Å². The number of halogens is 3. The van der Waals surface area contributed by atoms with Gasteiger partial charge in [-0.15, -0.1) is 0 Å². The number of nitrogens with zero attached hydrogens (tertiary/aromatic N) is 5. The first-order valence-corrected chi connectivity index (χ1v) is 10.1. The molecule has 0 amide bonds. The van der Waals surface area contributed by atoms with Crippen LogP contribution in [0.4, 0.5) is 13.2 Å². The first kappa shape index (κ1) is 21.2. The summed E-state index contributed by atoms with van der Waals surface area (Å²) in [5, 5.41) is 0.164. The highest BCUT2D eigenvalue weighted by Crippen LogP contribution is 2.32. The molecule has 1 atom stereocenters. The molecule has 1 saturated heterocycles. The Bertz CT molecular complexity index is 1220. The summed E-state index contributed by atoms with van der Waals surface area (Å²) < 4.78 is 42.1. The second-order valence-electron chi connectivity index (χ2n) is 7.75. The number of rotatable bonds is 5. The van der Waals surface area contributed by atoms with Crippen molar-refractivity contribution in [3.05, 3.63) is 68.9 Å². The van der Waals surface area contributed by atoms with E-state index in [0.29, 0.717) is 37.3 Å². The number of hydrogen-bond donors (Lipinski definition) is 0. The summed E-state index contributed by atoms with van der Waals surface area (Å²) in [6.07, 6.45) is -1.73. The zero-order valence-corrected chi connectivity index (χ0v) is 17.0. The second-order valence-corrected chi connectivity index (χ2v) is 7.75. The normalized spacial score (nSPS) is 17.5. The summed E-state index contributed by atoms with van der Waals surface area (Å²) in [6.45, 7) is 1.77. The van der Waals surface area contributed by atoms with Gasteiger partial charge in [0.15, 0.2) is 0 Å². The van der Waals surface area contributed by atoms with E-state index in [9.17, 15) is 22.8 Å². The van der Waals surface area contributed by atoms with E-state index in [-0.39, 0.29) is 16.8 Å². The van der Waals surface area contributed by atoms with Crippen LogP contribution in [0.5, 0.6) is 0 Å². The van der Waals surface area contributed by atoms with Gasteiger partial charge in [-0.1, -0.05) is 12.1 Å². The van der Waals surface area contributed by atoms with Gasteiger partial charge >= 0.3 is 6.18 Å². The smallest absolute Gasteiger partial charge is 0.298 e. The number of benzene rings is 1. The lowest BCUT2D eigenvalue weighted by atomic mass is 10.1. The zero-order valence-electron chi connectivity index (χ0n) is 17.0. The van der Waals surface area contributed by atoms with Gasteiger partial charge < -0.3 is 0 Å². The molecular formula is C21H22F3N5O2. The van der Waals surface area contributed by atoms with Gasteiger partial charge in [0.1, 0.15) is 12.4 Å². The quantitative estimate of drug-likeness (QED) is 0.619. The third kappa shape index (κ3) is 4.53. The average molecular weight is 433 g/mol. The maximum absolute atomic E-state index is 13.3. The molecule has 164 valence electrons. The van der Waals surface area contributed by atoms with E-state index >= 15 is 0 Å². The molecule has 4 rings (SSSR count). The largest absolute Gasteiger partial charge is 0.406 e. The molecular weight excluding hydrogens is 411 g/mol. The van der Waals surface area contributed by atoms with E-state index in [4.69, 9.17) is 0 Å². The monoisotopic (exact) mass is 433 g/mol. The van der Waals surface area contributed by atoms with E-state index in [1.807, 2.05) is 4.90 Å². The number of aromatic nitrogens is 4. The Balaban J connectivity index is 1.69. The summed E-state index contributed by atoms with van der Waals surface area (Å²) in [5.41, 5.74) is 0.133. The molecule has 0 radical (unpaired) electrons. The molecule has 0 bridgehead atoms. The number of para-hydroxylation sites is 1. The Hall–Kier alpha value is -3.01. The first-order chi connectivity index (χ1) is 14.7. The summed E-state index contributed by atoms with van der Waals surface area (Å²) in [4.78, 5) is 35.6. The highest BCUT2D eigenvalue weighted by atomic mass is 19.4. The highest BCUT2D eigenvalue weighted by molar-refractivity contribution is 5.77. The molecule has 1 aliphatic heterocycles. The van der Waals surface area contributed by atoms with Crippen LogP contribution in [0.25, 0.3) is 10.9 Å². The fourth-order valence-electron chi connectivity index (χ4n) is 4.08. The van der Waals surface area contributed by atoms with E-state index < -0.39 is 24.3 Å². The molecule has 0 saturated carbocycles.